The van der Waals surface area contributed by atoms with Gasteiger partial charge in [0, 0.05) is 17.1 Å². The van der Waals surface area contributed by atoms with Gasteiger partial charge >= 0.3 is 0 Å². The molecule has 26 heavy (non-hydrogen) atoms. The van der Waals surface area contributed by atoms with Crippen molar-refractivity contribution in [3.63, 3.8) is 0 Å². The number of hydrogen-bond acceptors (Lipinski definition) is 4. The average Bonchev–Trinajstić information content (AvgIpc) is 3.41. The first-order valence-corrected chi connectivity index (χ1v) is 9.62. The molecule has 0 aromatic heterocycles. The Labute approximate surface area is 160 Å². The van der Waals surface area contributed by atoms with Gasteiger partial charge in [0.15, 0.2) is 5.76 Å². The molecule has 0 radical (unpaired) electrons. The summed E-state index contributed by atoms with van der Waals surface area (Å²) in [7, 11) is 0. The number of nitrogens with zero attached hydrogens (tertiary/aromatic N) is 1. The Morgan fingerprint density at radius 1 is 1.27 bits per heavy atom. The second-order valence-corrected chi connectivity index (χ2v) is 8.04. The standard InChI is InChI=1S/C21H18BrNO3/c1-12-7-17-16(10-23(11-25-17)15-5-6-15)21-19(12)20(24)18(26-21)9-13-3-2-4-14(22)8-13/h2-4,7-9,15H,5-6,10-11H2,1H3/b18-9-. The maximum Gasteiger partial charge on any atom is 0.232 e. The first-order valence-electron chi connectivity index (χ1n) is 8.83. The molecule has 1 saturated carbocycles. The van der Waals surface area contributed by atoms with E-state index in [9.17, 15) is 4.79 Å². The Morgan fingerprint density at radius 3 is 2.88 bits per heavy atom. The molecule has 5 heteroatoms. The van der Waals surface area contributed by atoms with E-state index in [-0.39, 0.29) is 5.78 Å². The lowest BCUT2D eigenvalue weighted by molar-refractivity contribution is 0.0867. The summed E-state index contributed by atoms with van der Waals surface area (Å²) in [5, 5.41) is 0. The fourth-order valence-corrected chi connectivity index (χ4v) is 4.09. The number of Topliss-reactive ketones (excluding diaryl/α,β-unsaturated/α-hetero) is 1. The second-order valence-electron chi connectivity index (χ2n) is 7.12. The molecular weight excluding hydrogens is 394 g/mol. The van der Waals surface area contributed by atoms with E-state index in [2.05, 4.69) is 20.8 Å². The molecule has 0 bridgehead atoms. The number of hydrogen-bond donors (Lipinski definition) is 0. The fraction of sp³-hybridized carbons (Fsp3) is 0.286. The van der Waals surface area contributed by atoms with Gasteiger partial charge in [-0.05, 0) is 55.2 Å². The molecule has 2 aliphatic heterocycles. The highest BCUT2D eigenvalue weighted by molar-refractivity contribution is 9.10. The van der Waals surface area contributed by atoms with Crippen LogP contribution in [-0.2, 0) is 6.54 Å². The van der Waals surface area contributed by atoms with Crippen LogP contribution >= 0.6 is 15.9 Å². The van der Waals surface area contributed by atoms with Crippen LogP contribution in [0, 0.1) is 6.92 Å². The van der Waals surface area contributed by atoms with Crippen molar-refractivity contribution >= 4 is 27.8 Å². The van der Waals surface area contributed by atoms with E-state index in [0.717, 1.165) is 33.5 Å². The molecule has 3 aliphatic rings. The fourth-order valence-electron chi connectivity index (χ4n) is 3.67. The smallest absolute Gasteiger partial charge is 0.232 e. The zero-order valence-electron chi connectivity index (χ0n) is 14.4. The molecule has 0 amide bonds. The van der Waals surface area contributed by atoms with E-state index in [1.807, 2.05) is 37.3 Å². The van der Waals surface area contributed by atoms with E-state index in [1.54, 1.807) is 6.08 Å². The Morgan fingerprint density at radius 2 is 2.12 bits per heavy atom. The summed E-state index contributed by atoms with van der Waals surface area (Å²) in [6.07, 6.45) is 4.25. The highest BCUT2D eigenvalue weighted by Gasteiger charge is 2.38. The number of rotatable bonds is 2. The molecule has 0 atom stereocenters. The summed E-state index contributed by atoms with van der Waals surface area (Å²) >= 11 is 3.46. The molecule has 1 fully saturated rings. The van der Waals surface area contributed by atoms with E-state index in [0.29, 0.717) is 29.8 Å². The summed E-state index contributed by atoms with van der Waals surface area (Å²) in [5.41, 5.74) is 3.50. The number of carbonyl (C=O) groups excluding carboxylic acids is 1. The third kappa shape index (κ3) is 2.66. The van der Waals surface area contributed by atoms with Gasteiger partial charge in [0.2, 0.25) is 5.78 Å². The van der Waals surface area contributed by atoms with Crippen LogP contribution < -0.4 is 9.47 Å². The van der Waals surface area contributed by atoms with Gasteiger partial charge in [-0.25, -0.2) is 0 Å². The minimum atomic E-state index is -0.0520. The largest absolute Gasteiger partial charge is 0.478 e. The van der Waals surface area contributed by atoms with Crippen molar-refractivity contribution in [3.8, 4) is 11.5 Å². The van der Waals surface area contributed by atoms with Crippen LogP contribution in [-0.4, -0.2) is 23.5 Å². The van der Waals surface area contributed by atoms with E-state index in [4.69, 9.17) is 9.47 Å². The lowest BCUT2D eigenvalue weighted by atomic mass is 9.98. The number of benzene rings is 2. The highest BCUT2D eigenvalue weighted by Crippen LogP contribution is 2.45. The number of allylic oxidation sites excluding steroid dienone is 1. The second kappa shape index (κ2) is 5.96. The van der Waals surface area contributed by atoms with Crippen molar-refractivity contribution in [3.05, 3.63) is 62.8 Å². The lowest BCUT2D eigenvalue weighted by Gasteiger charge is -2.30. The van der Waals surface area contributed by atoms with Crippen LogP contribution in [0.2, 0.25) is 0 Å². The average molecular weight is 412 g/mol. The molecular formula is C21H18BrNO3. The molecule has 0 saturated heterocycles. The molecule has 2 aromatic rings. The zero-order chi connectivity index (χ0) is 17.8. The van der Waals surface area contributed by atoms with Crippen molar-refractivity contribution < 1.29 is 14.3 Å². The number of fused-ring (bicyclic) bond motifs is 3. The molecule has 4 nitrogen and oxygen atoms in total. The highest BCUT2D eigenvalue weighted by atomic mass is 79.9. The minimum absolute atomic E-state index is 0.0520. The molecule has 132 valence electrons. The molecule has 0 unspecified atom stereocenters. The summed E-state index contributed by atoms with van der Waals surface area (Å²) in [6, 6.07) is 10.4. The molecule has 2 aromatic carbocycles. The van der Waals surface area contributed by atoms with E-state index >= 15 is 0 Å². The van der Waals surface area contributed by atoms with E-state index in [1.165, 1.54) is 12.8 Å². The Hall–Kier alpha value is -2.11. The van der Waals surface area contributed by atoms with Crippen LogP contribution in [0.5, 0.6) is 11.5 Å². The van der Waals surface area contributed by atoms with Crippen LogP contribution in [0.15, 0.2) is 40.6 Å². The summed E-state index contributed by atoms with van der Waals surface area (Å²) in [6.45, 7) is 3.34. The van der Waals surface area contributed by atoms with Crippen LogP contribution in [0.1, 0.15) is 39.9 Å². The lowest BCUT2D eigenvalue weighted by Crippen LogP contribution is -2.34. The van der Waals surface area contributed by atoms with Crippen molar-refractivity contribution in [2.24, 2.45) is 0 Å². The van der Waals surface area contributed by atoms with Gasteiger partial charge in [0.1, 0.15) is 18.2 Å². The predicted octanol–water partition coefficient (Wildman–Crippen LogP) is 4.69. The number of ketones is 1. The minimum Gasteiger partial charge on any atom is -0.478 e. The van der Waals surface area contributed by atoms with Gasteiger partial charge in [-0.15, -0.1) is 0 Å². The molecule has 2 heterocycles. The number of halogens is 1. The maximum absolute atomic E-state index is 13.0. The van der Waals surface area contributed by atoms with Crippen LogP contribution in [0.4, 0.5) is 0 Å². The van der Waals surface area contributed by atoms with Gasteiger partial charge in [0.25, 0.3) is 0 Å². The van der Waals surface area contributed by atoms with Crippen molar-refractivity contribution in [1.82, 2.24) is 4.90 Å². The monoisotopic (exact) mass is 411 g/mol. The molecule has 0 N–H and O–H groups in total. The topological polar surface area (TPSA) is 38.8 Å². The Balaban J connectivity index is 1.55. The quantitative estimate of drug-likeness (QED) is 0.671. The van der Waals surface area contributed by atoms with Gasteiger partial charge in [-0.2, -0.15) is 0 Å². The first-order chi connectivity index (χ1) is 12.6. The Bertz CT molecular complexity index is 962. The maximum atomic E-state index is 13.0. The predicted molar refractivity (Wildman–Crippen MR) is 102 cm³/mol. The van der Waals surface area contributed by atoms with Crippen LogP contribution in [0.25, 0.3) is 6.08 Å². The molecule has 1 aliphatic carbocycles. The number of carbonyl (C=O) groups is 1. The van der Waals surface area contributed by atoms with Crippen LogP contribution in [0.3, 0.4) is 0 Å². The third-order valence-corrected chi connectivity index (χ3v) is 5.65. The van der Waals surface area contributed by atoms with Gasteiger partial charge in [-0.3, -0.25) is 9.69 Å². The third-order valence-electron chi connectivity index (χ3n) is 5.16. The normalized spacial score (nSPS) is 20.5. The SMILES string of the molecule is Cc1cc2c(c3c1C(=O)/C(=C/c1cccc(Br)c1)O3)CN(C1CC1)CO2. The van der Waals surface area contributed by atoms with Gasteiger partial charge < -0.3 is 9.47 Å². The van der Waals surface area contributed by atoms with Crippen molar-refractivity contribution in [2.45, 2.75) is 32.4 Å². The van der Waals surface area contributed by atoms with Gasteiger partial charge in [-0.1, -0.05) is 28.1 Å². The van der Waals surface area contributed by atoms with Gasteiger partial charge in [0.05, 0.1) is 11.1 Å². The van der Waals surface area contributed by atoms with Crippen molar-refractivity contribution in [2.75, 3.05) is 6.73 Å². The zero-order valence-corrected chi connectivity index (χ0v) is 16.0. The number of ether oxygens (including phenoxy) is 2. The summed E-state index contributed by atoms with van der Waals surface area (Å²) < 4.78 is 13.0. The van der Waals surface area contributed by atoms with E-state index < -0.39 is 0 Å². The molecule has 5 rings (SSSR count). The number of aryl methyl sites for hydroxylation is 1. The molecule has 0 spiro atoms. The first kappa shape index (κ1) is 16.1. The summed E-state index contributed by atoms with van der Waals surface area (Å²) in [5.74, 6) is 1.84. The summed E-state index contributed by atoms with van der Waals surface area (Å²) in [4.78, 5) is 15.3. The van der Waals surface area contributed by atoms with Crippen molar-refractivity contribution in [1.29, 1.82) is 0 Å². The Kier molecular flexibility index (Phi) is 3.69.